The van der Waals surface area contributed by atoms with Gasteiger partial charge in [0.1, 0.15) is 0 Å². The molecule has 1 aromatic heterocycles. The van der Waals surface area contributed by atoms with Gasteiger partial charge in [0.05, 0.1) is 35.3 Å². The summed E-state index contributed by atoms with van der Waals surface area (Å²) < 4.78 is 12.7. The Morgan fingerprint density at radius 1 is 0.583 bits per heavy atom. The number of nitrogens with zero attached hydrogens (tertiary/aromatic N) is 3. The van der Waals surface area contributed by atoms with Gasteiger partial charge in [0.15, 0.2) is 11.5 Å². The van der Waals surface area contributed by atoms with Gasteiger partial charge in [0.2, 0.25) is 0 Å². The van der Waals surface area contributed by atoms with Crippen LogP contribution in [0.2, 0.25) is 0 Å². The minimum absolute atomic E-state index is 0.100. The number of likely N-dealkylation sites (N-methyl/N-ethyl adjacent to an activating group) is 1. The molecule has 7 nitrogen and oxygen atoms in total. The van der Waals surface area contributed by atoms with Gasteiger partial charge in [0, 0.05) is 30.8 Å². The van der Waals surface area contributed by atoms with Crippen molar-refractivity contribution in [1.29, 1.82) is 0 Å². The van der Waals surface area contributed by atoms with Gasteiger partial charge >= 0.3 is 0 Å². The summed E-state index contributed by atoms with van der Waals surface area (Å²) in [6.45, 7) is 7.26. The van der Waals surface area contributed by atoms with Crippen molar-refractivity contribution in [2.24, 2.45) is 0 Å². The molecule has 0 fully saturated rings. The van der Waals surface area contributed by atoms with Crippen LogP contribution in [0.4, 0.5) is 0 Å². The highest BCUT2D eigenvalue weighted by atomic mass is 16.5. The molecule has 1 heterocycles. The van der Waals surface area contributed by atoms with E-state index in [-0.39, 0.29) is 5.91 Å². The zero-order chi connectivity index (χ0) is 34.2. The molecule has 0 bridgehead atoms. The topological polar surface area (TPSA) is 76.6 Å². The summed E-state index contributed by atoms with van der Waals surface area (Å²) in [6, 6.07) is 9.47. The molecular weight excluding hydrogens is 596 g/mol. The van der Waals surface area contributed by atoms with Crippen molar-refractivity contribution in [3.05, 3.63) is 35.9 Å². The Kier molecular flexibility index (Phi) is 20.0. The summed E-state index contributed by atoms with van der Waals surface area (Å²) >= 11 is 0. The van der Waals surface area contributed by atoms with E-state index in [4.69, 9.17) is 19.4 Å². The van der Waals surface area contributed by atoms with E-state index in [2.05, 4.69) is 19.2 Å². The average Bonchev–Trinajstić information content (AvgIpc) is 3.08. The van der Waals surface area contributed by atoms with E-state index in [1.807, 2.05) is 49.3 Å². The van der Waals surface area contributed by atoms with Crippen LogP contribution in [0.15, 0.2) is 30.3 Å². The minimum atomic E-state index is -0.100. The van der Waals surface area contributed by atoms with Crippen molar-refractivity contribution in [1.82, 2.24) is 20.2 Å². The quantitative estimate of drug-likeness (QED) is 0.0616. The van der Waals surface area contributed by atoms with E-state index in [1.54, 1.807) is 0 Å². The van der Waals surface area contributed by atoms with Crippen LogP contribution in [-0.2, 0) is 0 Å². The summed E-state index contributed by atoms with van der Waals surface area (Å²) in [5.41, 5.74) is 3.56. The first-order valence-corrected chi connectivity index (χ1v) is 19.5. The summed E-state index contributed by atoms with van der Waals surface area (Å²) in [6.07, 6.45) is 25.9. The number of rotatable bonds is 28. The Balaban J connectivity index is 1.58. The lowest BCUT2D eigenvalue weighted by molar-refractivity contribution is 0.0951. The van der Waals surface area contributed by atoms with Gasteiger partial charge in [-0.05, 0) is 45.1 Å². The lowest BCUT2D eigenvalue weighted by atomic mass is 10.1. The third-order valence-corrected chi connectivity index (χ3v) is 9.12. The molecule has 3 aromatic rings. The maximum Gasteiger partial charge on any atom is 0.251 e. The molecule has 268 valence electrons. The molecule has 48 heavy (non-hydrogen) atoms. The van der Waals surface area contributed by atoms with Crippen molar-refractivity contribution in [3.63, 3.8) is 0 Å². The number of carbonyl (C=O) groups excluding carboxylic acids is 1. The number of nitrogens with one attached hydrogen (secondary N) is 1. The molecule has 0 atom stereocenters. The van der Waals surface area contributed by atoms with Gasteiger partial charge in [-0.1, -0.05) is 129 Å². The fourth-order valence-corrected chi connectivity index (χ4v) is 6.09. The number of hydrogen-bond donors (Lipinski definition) is 1. The van der Waals surface area contributed by atoms with Gasteiger partial charge in [-0.25, -0.2) is 9.97 Å². The second-order valence-corrected chi connectivity index (χ2v) is 13.8. The molecule has 0 aliphatic heterocycles. The normalized spacial score (nSPS) is 11.5. The van der Waals surface area contributed by atoms with Crippen molar-refractivity contribution >= 4 is 28.0 Å². The molecule has 0 aliphatic rings. The van der Waals surface area contributed by atoms with Gasteiger partial charge < -0.3 is 19.7 Å². The predicted octanol–water partition coefficient (Wildman–Crippen LogP) is 10.7. The first-order valence-electron chi connectivity index (χ1n) is 19.5. The molecule has 0 spiro atoms. The highest BCUT2D eigenvalue weighted by Gasteiger charge is 2.13. The highest BCUT2D eigenvalue weighted by Crippen LogP contribution is 2.33. The Labute approximate surface area is 292 Å². The van der Waals surface area contributed by atoms with Gasteiger partial charge in [-0.3, -0.25) is 4.79 Å². The monoisotopic (exact) mass is 663 g/mol. The van der Waals surface area contributed by atoms with Crippen LogP contribution in [0.3, 0.4) is 0 Å². The van der Waals surface area contributed by atoms with Crippen LogP contribution in [0.5, 0.6) is 11.5 Å². The molecule has 7 heteroatoms. The largest absolute Gasteiger partial charge is 0.490 e. The van der Waals surface area contributed by atoms with E-state index in [9.17, 15) is 4.79 Å². The average molecular weight is 663 g/mol. The first kappa shape index (κ1) is 39.5. The van der Waals surface area contributed by atoms with Crippen LogP contribution < -0.4 is 14.8 Å². The molecule has 0 unspecified atom stereocenters. The number of hydrogen-bond acceptors (Lipinski definition) is 6. The number of aromatic nitrogens is 2. The Hall–Kier alpha value is -2.93. The third kappa shape index (κ3) is 15.5. The Morgan fingerprint density at radius 2 is 1.00 bits per heavy atom. The SMILES string of the molecule is CCCCCCCCCCCCOc1cc2nc3ccc(C(=O)NCCN(C)C)cc3nc2cc1OCCCCCCCCCCCC. The standard InChI is InChI=1S/C41H66N4O3/c1-5-7-9-11-13-15-17-19-21-23-29-47-39-32-37-38(33-40(39)48-30-24-22-20-18-16-14-12-10-8-6-2)44-36-31-34(25-26-35(36)43-37)41(46)42-27-28-45(3)4/h25-26,31-33H,5-24,27-30H2,1-4H3,(H,42,46). The second kappa shape index (κ2) is 24.2. The van der Waals surface area contributed by atoms with Crippen molar-refractivity contribution in [3.8, 4) is 11.5 Å². The molecule has 0 saturated heterocycles. The van der Waals surface area contributed by atoms with Gasteiger partial charge in [0.25, 0.3) is 5.91 Å². The number of amides is 1. The fraction of sp³-hybridized carbons (Fsp3) is 0.683. The van der Waals surface area contributed by atoms with Gasteiger partial charge in [-0.2, -0.15) is 0 Å². The lowest BCUT2D eigenvalue weighted by Crippen LogP contribution is -2.31. The number of carbonyl (C=O) groups is 1. The summed E-state index contributed by atoms with van der Waals surface area (Å²) in [7, 11) is 3.99. The predicted molar refractivity (Wildman–Crippen MR) is 203 cm³/mol. The number of unbranched alkanes of at least 4 members (excludes halogenated alkanes) is 18. The van der Waals surface area contributed by atoms with Crippen molar-refractivity contribution in [2.75, 3.05) is 40.4 Å². The molecule has 0 radical (unpaired) electrons. The van der Waals surface area contributed by atoms with Crippen LogP contribution in [0.25, 0.3) is 22.1 Å². The lowest BCUT2D eigenvalue weighted by Gasteiger charge is -2.14. The van der Waals surface area contributed by atoms with Crippen LogP contribution in [-0.4, -0.2) is 61.2 Å². The number of fused-ring (bicyclic) bond motifs is 2. The van der Waals surface area contributed by atoms with E-state index in [0.717, 1.165) is 47.4 Å². The van der Waals surface area contributed by atoms with E-state index < -0.39 is 0 Å². The van der Waals surface area contributed by atoms with Crippen LogP contribution in [0, 0.1) is 0 Å². The molecule has 1 amide bonds. The Morgan fingerprint density at radius 3 is 1.46 bits per heavy atom. The van der Waals surface area contributed by atoms with E-state index in [1.165, 1.54) is 116 Å². The van der Waals surface area contributed by atoms with Crippen molar-refractivity contribution in [2.45, 2.75) is 142 Å². The van der Waals surface area contributed by atoms with Crippen LogP contribution >= 0.6 is 0 Å². The maximum atomic E-state index is 12.7. The molecule has 0 saturated carbocycles. The summed E-state index contributed by atoms with van der Waals surface area (Å²) in [5.74, 6) is 1.38. The fourth-order valence-electron chi connectivity index (χ4n) is 6.09. The summed E-state index contributed by atoms with van der Waals surface area (Å²) in [4.78, 5) is 24.6. The molecule has 0 aliphatic carbocycles. The third-order valence-electron chi connectivity index (χ3n) is 9.12. The molecular formula is C41H66N4O3. The zero-order valence-electron chi connectivity index (χ0n) is 30.9. The van der Waals surface area contributed by atoms with E-state index >= 15 is 0 Å². The van der Waals surface area contributed by atoms with Crippen molar-refractivity contribution < 1.29 is 14.3 Å². The number of benzene rings is 2. The first-order chi connectivity index (χ1) is 23.5. The molecule has 1 N–H and O–H groups in total. The maximum absolute atomic E-state index is 12.7. The van der Waals surface area contributed by atoms with Crippen LogP contribution in [0.1, 0.15) is 153 Å². The molecule has 2 aromatic carbocycles. The van der Waals surface area contributed by atoms with Gasteiger partial charge in [-0.15, -0.1) is 0 Å². The highest BCUT2D eigenvalue weighted by molar-refractivity contribution is 5.98. The summed E-state index contributed by atoms with van der Waals surface area (Å²) in [5, 5.41) is 2.99. The van der Waals surface area contributed by atoms with E-state index in [0.29, 0.717) is 30.8 Å². The minimum Gasteiger partial charge on any atom is -0.490 e. The second-order valence-electron chi connectivity index (χ2n) is 13.8. The molecule has 3 rings (SSSR count). The smallest absolute Gasteiger partial charge is 0.251 e. The number of ether oxygens (including phenoxy) is 2. The zero-order valence-corrected chi connectivity index (χ0v) is 30.9. The Bertz CT molecular complexity index is 1310.